The van der Waals surface area contributed by atoms with Gasteiger partial charge in [-0.25, -0.2) is 0 Å². The van der Waals surface area contributed by atoms with Gasteiger partial charge in [-0.3, -0.25) is 9.48 Å². The molecule has 28 heavy (non-hydrogen) atoms. The summed E-state index contributed by atoms with van der Waals surface area (Å²) in [6.45, 7) is 4.45. The van der Waals surface area contributed by atoms with Gasteiger partial charge in [0.2, 0.25) is 0 Å². The molecule has 1 saturated heterocycles. The molecule has 2 aromatic heterocycles. The lowest BCUT2D eigenvalue weighted by Crippen LogP contribution is -2.44. The van der Waals surface area contributed by atoms with E-state index < -0.39 is 0 Å². The summed E-state index contributed by atoms with van der Waals surface area (Å²) < 4.78 is 1.71. The summed E-state index contributed by atoms with van der Waals surface area (Å²) in [5.41, 5.74) is 2.21. The Labute approximate surface area is 170 Å². The molecule has 2 atom stereocenters. The number of carbonyl (C=O) groups is 1. The molecule has 0 aromatic carbocycles. The van der Waals surface area contributed by atoms with Crippen LogP contribution in [-0.4, -0.2) is 51.8 Å². The number of thiophene rings is 1. The molecule has 150 valence electrons. The maximum atomic E-state index is 12.6. The molecule has 3 heterocycles. The number of hydrogen-bond donors (Lipinski definition) is 2. The van der Waals surface area contributed by atoms with Crippen molar-refractivity contribution in [2.45, 2.75) is 63.1 Å². The van der Waals surface area contributed by atoms with E-state index in [9.17, 15) is 4.79 Å². The second-order valence-corrected chi connectivity index (χ2v) is 9.56. The first-order valence-corrected chi connectivity index (χ1v) is 11.4. The van der Waals surface area contributed by atoms with Crippen LogP contribution in [0, 0.1) is 6.92 Å². The van der Waals surface area contributed by atoms with Crippen LogP contribution in [0.15, 0.2) is 17.5 Å². The Morgan fingerprint density at radius 3 is 2.68 bits per heavy atom. The minimum Gasteiger partial charge on any atom is -0.311 e. The van der Waals surface area contributed by atoms with E-state index in [4.69, 9.17) is 0 Å². The Morgan fingerprint density at radius 2 is 2.00 bits per heavy atom. The molecule has 2 aromatic rings. The largest absolute Gasteiger partial charge is 0.311 e. The first-order valence-electron chi connectivity index (χ1n) is 10.5. The Kier molecular flexibility index (Phi) is 4.77. The zero-order valence-electron chi connectivity index (χ0n) is 16.6. The molecule has 6 nitrogen and oxygen atoms in total. The zero-order chi connectivity index (χ0) is 19.3. The van der Waals surface area contributed by atoms with Gasteiger partial charge in [0.15, 0.2) is 0 Å². The predicted octanol–water partition coefficient (Wildman–Crippen LogP) is 3.11. The number of aromatic nitrogens is 2. The zero-order valence-corrected chi connectivity index (χ0v) is 17.5. The summed E-state index contributed by atoms with van der Waals surface area (Å²) in [6, 6.07) is 6.12. The summed E-state index contributed by atoms with van der Waals surface area (Å²) in [4.78, 5) is 16.0. The third-order valence-electron chi connectivity index (χ3n) is 6.35. The molecule has 1 amide bonds. The molecule has 3 fully saturated rings. The number of piperidine rings is 1. The molecular weight excluding hydrogens is 370 g/mol. The van der Waals surface area contributed by atoms with E-state index in [0.29, 0.717) is 18.0 Å². The summed E-state index contributed by atoms with van der Waals surface area (Å²) >= 11 is 1.54. The Hall–Kier alpha value is -1.70. The van der Waals surface area contributed by atoms with Crippen LogP contribution in [0.4, 0.5) is 5.82 Å². The van der Waals surface area contributed by atoms with Crippen LogP contribution in [-0.2, 0) is 7.05 Å². The van der Waals surface area contributed by atoms with Crippen molar-refractivity contribution in [3.63, 3.8) is 0 Å². The van der Waals surface area contributed by atoms with Gasteiger partial charge in [-0.2, -0.15) is 5.10 Å². The molecule has 0 radical (unpaired) electrons. The van der Waals surface area contributed by atoms with Crippen molar-refractivity contribution in [2.24, 2.45) is 7.05 Å². The molecule has 2 saturated carbocycles. The number of nitrogens with zero attached hydrogens (tertiary/aromatic N) is 3. The van der Waals surface area contributed by atoms with Crippen molar-refractivity contribution in [1.82, 2.24) is 20.0 Å². The molecule has 0 spiro atoms. The van der Waals surface area contributed by atoms with E-state index >= 15 is 0 Å². The fraction of sp³-hybridized carbons (Fsp3) is 0.619. The lowest BCUT2D eigenvalue weighted by atomic mass is 10.0. The maximum absolute atomic E-state index is 12.6. The van der Waals surface area contributed by atoms with E-state index in [-0.39, 0.29) is 5.91 Å². The highest BCUT2D eigenvalue weighted by Crippen LogP contribution is 2.43. The fourth-order valence-electron chi connectivity index (χ4n) is 4.49. The first-order chi connectivity index (χ1) is 13.6. The summed E-state index contributed by atoms with van der Waals surface area (Å²) in [7, 11) is 1.85. The quantitative estimate of drug-likeness (QED) is 0.784. The second-order valence-electron chi connectivity index (χ2n) is 8.65. The third-order valence-corrected chi connectivity index (χ3v) is 7.30. The lowest BCUT2D eigenvalue weighted by Gasteiger charge is -2.32. The van der Waals surface area contributed by atoms with E-state index in [0.717, 1.165) is 22.4 Å². The average Bonchev–Trinajstić information content (AvgIpc) is 3.58. The van der Waals surface area contributed by atoms with Crippen molar-refractivity contribution < 1.29 is 4.79 Å². The van der Waals surface area contributed by atoms with Gasteiger partial charge >= 0.3 is 0 Å². The monoisotopic (exact) mass is 399 g/mol. The highest BCUT2D eigenvalue weighted by molar-refractivity contribution is 7.12. The van der Waals surface area contributed by atoms with E-state index in [2.05, 4.69) is 32.1 Å². The molecule has 2 N–H and O–H groups in total. The van der Waals surface area contributed by atoms with Crippen molar-refractivity contribution in [3.8, 4) is 0 Å². The summed E-state index contributed by atoms with van der Waals surface area (Å²) in [6.07, 6.45) is 6.58. The number of rotatable bonds is 6. The number of nitrogens with one attached hydrogen (secondary N) is 2. The topological polar surface area (TPSA) is 62.2 Å². The van der Waals surface area contributed by atoms with Crippen LogP contribution in [0.1, 0.15) is 59.0 Å². The van der Waals surface area contributed by atoms with Gasteiger partial charge in [0, 0.05) is 37.2 Å². The highest BCUT2D eigenvalue weighted by atomic mass is 32.1. The first kappa shape index (κ1) is 18.3. The summed E-state index contributed by atoms with van der Waals surface area (Å²) in [5.74, 6) is 1.26. The van der Waals surface area contributed by atoms with Gasteiger partial charge in [0.05, 0.1) is 10.6 Å². The average molecular weight is 400 g/mol. The second kappa shape index (κ2) is 7.28. The van der Waals surface area contributed by atoms with Crippen molar-refractivity contribution >= 4 is 23.1 Å². The van der Waals surface area contributed by atoms with Crippen LogP contribution in [0.2, 0.25) is 0 Å². The van der Waals surface area contributed by atoms with E-state index in [1.807, 2.05) is 20.0 Å². The number of anilines is 1. The standard InChI is InChI=1S/C21H29N5OS/c1-13-9-20(25(2)24-13)23-21(27)19-10-14(12-28-19)17-11-18(17)22-15-5-7-26(8-6-15)16-3-4-16/h9-10,12,15-18,22H,3-8,11H2,1-2H3,(H,23,27). The number of hydrogen-bond acceptors (Lipinski definition) is 5. The molecule has 2 aliphatic carbocycles. The van der Waals surface area contributed by atoms with Crippen molar-refractivity contribution in [1.29, 1.82) is 0 Å². The molecular formula is C21H29N5OS. The van der Waals surface area contributed by atoms with Gasteiger partial charge in [0.25, 0.3) is 5.91 Å². The SMILES string of the molecule is Cc1cc(NC(=O)c2cc(C3CC3NC3CCN(C4CC4)CC3)cs2)n(C)n1. The van der Waals surface area contributed by atoms with Crippen LogP contribution in [0.25, 0.3) is 0 Å². The third kappa shape index (κ3) is 3.88. The van der Waals surface area contributed by atoms with Crippen LogP contribution in [0.3, 0.4) is 0 Å². The predicted molar refractivity (Wildman–Crippen MR) is 112 cm³/mol. The van der Waals surface area contributed by atoms with Gasteiger partial charge < -0.3 is 15.5 Å². The normalized spacial score (nSPS) is 25.8. The Balaban J connectivity index is 1.13. The number of likely N-dealkylation sites (tertiary alicyclic amines) is 1. The van der Waals surface area contributed by atoms with Gasteiger partial charge in [-0.1, -0.05) is 0 Å². The van der Waals surface area contributed by atoms with Gasteiger partial charge in [-0.05, 0) is 69.1 Å². The molecule has 2 unspecified atom stereocenters. The van der Waals surface area contributed by atoms with Crippen LogP contribution < -0.4 is 10.6 Å². The Bertz CT molecular complexity index is 862. The molecule has 1 aliphatic heterocycles. The van der Waals surface area contributed by atoms with E-state index in [1.54, 1.807) is 16.0 Å². The summed E-state index contributed by atoms with van der Waals surface area (Å²) in [5, 5.41) is 13.3. The van der Waals surface area contributed by atoms with Crippen molar-refractivity contribution in [2.75, 3.05) is 18.4 Å². The van der Waals surface area contributed by atoms with Crippen LogP contribution >= 0.6 is 11.3 Å². The van der Waals surface area contributed by atoms with Crippen molar-refractivity contribution in [3.05, 3.63) is 33.6 Å². The van der Waals surface area contributed by atoms with E-state index in [1.165, 1.54) is 50.8 Å². The maximum Gasteiger partial charge on any atom is 0.266 e. The fourth-order valence-corrected chi connectivity index (χ4v) is 5.36. The minimum atomic E-state index is -0.0446. The Morgan fingerprint density at radius 1 is 1.21 bits per heavy atom. The molecule has 5 rings (SSSR count). The van der Waals surface area contributed by atoms with Gasteiger partial charge in [0.1, 0.15) is 5.82 Å². The minimum absolute atomic E-state index is 0.0446. The highest BCUT2D eigenvalue weighted by Gasteiger charge is 2.41. The lowest BCUT2D eigenvalue weighted by molar-refractivity contribution is 0.102. The molecule has 3 aliphatic rings. The number of amides is 1. The van der Waals surface area contributed by atoms with Gasteiger partial charge in [-0.15, -0.1) is 11.3 Å². The smallest absolute Gasteiger partial charge is 0.266 e. The molecule has 0 bridgehead atoms. The van der Waals surface area contributed by atoms with Crippen LogP contribution in [0.5, 0.6) is 0 Å². The number of aryl methyl sites for hydroxylation is 2. The molecule has 7 heteroatoms. The number of carbonyl (C=O) groups excluding carboxylic acids is 1.